The Kier molecular flexibility index (Phi) is 6.78. The summed E-state index contributed by atoms with van der Waals surface area (Å²) in [6.07, 6.45) is -3.53. The van der Waals surface area contributed by atoms with Gasteiger partial charge in [0.1, 0.15) is 24.4 Å². The maximum Gasteiger partial charge on any atom is 0.322 e. The first kappa shape index (κ1) is 22.3. The van der Waals surface area contributed by atoms with Crippen LogP contribution in [0.5, 0.6) is 0 Å². The highest BCUT2D eigenvalue weighted by molar-refractivity contribution is 6.00. The third kappa shape index (κ3) is 4.41. The number of aliphatic hydroxyl groups is 4. The molecular weight excluding hydrogens is 382 g/mol. The fourth-order valence-corrected chi connectivity index (χ4v) is 5.03. The molecule has 1 aliphatic carbocycles. The highest BCUT2D eigenvalue weighted by Gasteiger charge is 2.52. The number of imide groups is 1. The van der Waals surface area contributed by atoms with E-state index in [4.69, 9.17) is 5.11 Å². The van der Waals surface area contributed by atoms with Crippen LogP contribution >= 0.6 is 0 Å². The van der Waals surface area contributed by atoms with Gasteiger partial charge in [-0.15, -0.1) is 0 Å². The molecule has 0 aromatic rings. The van der Waals surface area contributed by atoms with Crippen LogP contribution in [0.4, 0.5) is 4.79 Å². The summed E-state index contributed by atoms with van der Waals surface area (Å²) < 4.78 is 0. The van der Waals surface area contributed by atoms with Crippen LogP contribution in [0.1, 0.15) is 19.8 Å². The average molecular weight is 415 g/mol. The molecule has 2 heterocycles. The predicted molar refractivity (Wildman–Crippen MR) is 103 cm³/mol. The maximum atomic E-state index is 12.4. The minimum absolute atomic E-state index is 0.0321. The van der Waals surface area contributed by atoms with Crippen LogP contribution in [0.15, 0.2) is 0 Å². The number of rotatable bonds is 6. The van der Waals surface area contributed by atoms with E-state index in [-0.39, 0.29) is 24.7 Å². The van der Waals surface area contributed by atoms with E-state index in [1.165, 1.54) is 0 Å². The third-order valence-electron chi connectivity index (χ3n) is 6.56. The number of fused-ring (bicyclic) bond motifs is 2. The number of nitrogens with zero attached hydrogens (tertiary/aromatic N) is 2. The fraction of sp³-hybridized carbons (Fsp3) is 0.889. The number of hydrogen-bond acceptors (Lipinski definition) is 9. The summed E-state index contributed by atoms with van der Waals surface area (Å²) in [4.78, 5) is 28.4. The number of carbonyl (C=O) groups is 2. The number of piperazine rings is 1. The third-order valence-corrected chi connectivity index (χ3v) is 6.56. The van der Waals surface area contributed by atoms with Crippen molar-refractivity contribution in [2.75, 3.05) is 27.2 Å². The lowest BCUT2D eigenvalue weighted by Gasteiger charge is -2.56. The molecule has 0 aromatic heterocycles. The second-order valence-corrected chi connectivity index (χ2v) is 8.71. The molecule has 0 bridgehead atoms. The van der Waals surface area contributed by atoms with Crippen molar-refractivity contribution < 1.29 is 30.0 Å². The van der Waals surface area contributed by atoms with E-state index in [1.807, 2.05) is 19.0 Å². The number of aliphatic hydroxyl groups excluding tert-OH is 4. The highest BCUT2D eigenvalue weighted by atomic mass is 16.4. The van der Waals surface area contributed by atoms with E-state index in [2.05, 4.69) is 27.8 Å². The number of β-amino-alcohol motifs (C(OH)–C–C–N with tert-alkyl or cyclic N) is 1. The molecule has 3 rings (SSSR count). The van der Waals surface area contributed by atoms with Gasteiger partial charge in [-0.3, -0.25) is 20.3 Å². The first-order chi connectivity index (χ1) is 13.6. The first-order valence-electron chi connectivity index (χ1n) is 10.1. The van der Waals surface area contributed by atoms with E-state index in [9.17, 15) is 24.9 Å². The van der Waals surface area contributed by atoms with Crippen molar-refractivity contribution in [3.63, 3.8) is 0 Å². The molecule has 3 fully saturated rings. The quantitative estimate of drug-likeness (QED) is 0.235. The van der Waals surface area contributed by atoms with Crippen molar-refractivity contribution in [2.45, 2.75) is 68.4 Å². The van der Waals surface area contributed by atoms with Crippen LogP contribution in [0.25, 0.3) is 0 Å². The molecule has 1 saturated carbocycles. The van der Waals surface area contributed by atoms with E-state index in [0.717, 1.165) is 12.8 Å². The number of nitrogens with one attached hydrogen (secondary N) is 3. The molecule has 2 aliphatic heterocycles. The molecule has 9 atom stereocenters. The summed E-state index contributed by atoms with van der Waals surface area (Å²) >= 11 is 0. The summed E-state index contributed by atoms with van der Waals surface area (Å²) in [5.74, 6) is -0.0554. The molecule has 11 heteroatoms. The zero-order chi connectivity index (χ0) is 21.5. The number of carbonyl (C=O) groups excluding carboxylic acids is 2. The van der Waals surface area contributed by atoms with Gasteiger partial charge in [0.15, 0.2) is 0 Å². The largest absolute Gasteiger partial charge is 0.394 e. The Balaban J connectivity index is 1.88. The van der Waals surface area contributed by atoms with Crippen LogP contribution in [0.3, 0.4) is 0 Å². The summed E-state index contributed by atoms with van der Waals surface area (Å²) in [7, 11) is 4.02. The Bertz CT molecular complexity index is 622. The van der Waals surface area contributed by atoms with Gasteiger partial charge >= 0.3 is 6.03 Å². The molecule has 29 heavy (non-hydrogen) atoms. The minimum atomic E-state index is -1.55. The first-order valence-corrected chi connectivity index (χ1v) is 10.1. The molecule has 0 aromatic carbocycles. The van der Waals surface area contributed by atoms with Gasteiger partial charge in [0.05, 0.1) is 12.7 Å². The molecule has 166 valence electrons. The summed E-state index contributed by atoms with van der Waals surface area (Å²) in [6.45, 7) is 1.42. The summed E-state index contributed by atoms with van der Waals surface area (Å²) in [5, 5.41) is 47.8. The molecule has 11 nitrogen and oxygen atoms in total. The number of amides is 3. The van der Waals surface area contributed by atoms with Gasteiger partial charge in [-0.1, -0.05) is 6.92 Å². The van der Waals surface area contributed by atoms with E-state index >= 15 is 0 Å². The highest BCUT2D eigenvalue weighted by Crippen LogP contribution is 2.35. The Morgan fingerprint density at radius 1 is 1.17 bits per heavy atom. The second-order valence-electron chi connectivity index (χ2n) is 8.71. The van der Waals surface area contributed by atoms with Crippen molar-refractivity contribution in [1.29, 1.82) is 0 Å². The van der Waals surface area contributed by atoms with Crippen LogP contribution < -0.4 is 16.0 Å². The van der Waals surface area contributed by atoms with Crippen LogP contribution in [-0.4, -0.2) is 118 Å². The van der Waals surface area contributed by atoms with Crippen LogP contribution in [0.2, 0.25) is 0 Å². The Hall–Kier alpha value is -1.34. The van der Waals surface area contributed by atoms with E-state index in [0.29, 0.717) is 5.92 Å². The van der Waals surface area contributed by atoms with Gasteiger partial charge in [0.25, 0.3) is 0 Å². The van der Waals surface area contributed by atoms with Gasteiger partial charge < -0.3 is 30.6 Å². The number of hydrogen-bond donors (Lipinski definition) is 7. The standard InChI is InChI=1S/C18H33N5O6/c1-8-4-9-11(5-10(8)22(2)3)23(6-12(25)15(27)13(26)7-24)16-14(19-9)17(28)21-18(29)20-16/h8-16,19,24-27H,4-7H2,1-3H3,(H2,20,21,28,29)/t8?,9?,10?,11?,12-,13+,14?,15-,16?/m0/s1. The zero-order valence-corrected chi connectivity index (χ0v) is 17.0. The van der Waals surface area contributed by atoms with Gasteiger partial charge in [-0.05, 0) is 32.9 Å². The molecule has 0 spiro atoms. The molecule has 3 amide bonds. The van der Waals surface area contributed by atoms with Crippen molar-refractivity contribution in [1.82, 2.24) is 25.8 Å². The number of urea groups is 1. The summed E-state index contributed by atoms with van der Waals surface area (Å²) in [6, 6.07) is -1.16. The Labute approximate surface area is 170 Å². The molecule has 7 N–H and O–H groups in total. The van der Waals surface area contributed by atoms with Gasteiger partial charge in [0.2, 0.25) is 5.91 Å². The zero-order valence-electron chi connectivity index (χ0n) is 17.0. The maximum absolute atomic E-state index is 12.4. The van der Waals surface area contributed by atoms with Crippen molar-refractivity contribution >= 4 is 11.9 Å². The van der Waals surface area contributed by atoms with Gasteiger partial charge in [-0.2, -0.15) is 0 Å². The smallest absolute Gasteiger partial charge is 0.322 e. The second kappa shape index (κ2) is 8.80. The lowest BCUT2D eigenvalue weighted by Crippen LogP contribution is -2.80. The minimum Gasteiger partial charge on any atom is -0.394 e. The predicted octanol–water partition coefficient (Wildman–Crippen LogP) is -3.40. The average Bonchev–Trinajstić information content (AvgIpc) is 2.66. The van der Waals surface area contributed by atoms with Crippen molar-refractivity contribution in [2.24, 2.45) is 5.92 Å². The lowest BCUT2D eigenvalue weighted by molar-refractivity contribution is -0.135. The van der Waals surface area contributed by atoms with Gasteiger partial charge in [-0.25, -0.2) is 4.79 Å². The SMILES string of the molecule is CC1CC2NC3C(=O)NC(=O)NC3N(C[C@H](O)[C@H](O)[C@H](O)CO)C2CC1N(C)C. The lowest BCUT2D eigenvalue weighted by atomic mass is 9.76. The normalized spacial score (nSPS) is 38.5. The van der Waals surface area contributed by atoms with Gasteiger partial charge in [0, 0.05) is 24.7 Å². The van der Waals surface area contributed by atoms with E-state index < -0.39 is 49.1 Å². The molecule has 0 radical (unpaired) electrons. The topological polar surface area (TPSA) is 158 Å². The van der Waals surface area contributed by atoms with E-state index in [1.54, 1.807) is 0 Å². The molecule has 2 saturated heterocycles. The van der Waals surface area contributed by atoms with Crippen LogP contribution in [-0.2, 0) is 4.79 Å². The molecule has 6 unspecified atom stereocenters. The monoisotopic (exact) mass is 415 g/mol. The van der Waals surface area contributed by atoms with Crippen molar-refractivity contribution in [3.8, 4) is 0 Å². The van der Waals surface area contributed by atoms with Crippen LogP contribution in [0, 0.1) is 5.92 Å². The van der Waals surface area contributed by atoms with Crippen molar-refractivity contribution in [3.05, 3.63) is 0 Å². The fourth-order valence-electron chi connectivity index (χ4n) is 5.03. The molecular formula is C18H33N5O6. The Morgan fingerprint density at radius 3 is 2.48 bits per heavy atom. The Morgan fingerprint density at radius 2 is 1.86 bits per heavy atom. The summed E-state index contributed by atoms with van der Waals surface area (Å²) in [5.41, 5.74) is 0. The molecule has 3 aliphatic rings.